The van der Waals surface area contributed by atoms with Gasteiger partial charge in [-0.1, -0.05) is 6.92 Å². The Morgan fingerprint density at radius 3 is 3.00 bits per heavy atom. The zero-order valence-electron chi connectivity index (χ0n) is 6.63. The standard InChI is InChI=1S/C7H13N3O/c1-5-2-3-6(4-5)9-10-7(8)11/h5H,2-4H2,1H3,(H3,8,10,11). The van der Waals surface area contributed by atoms with Crippen molar-refractivity contribution in [2.24, 2.45) is 16.8 Å². The molecule has 1 saturated carbocycles. The van der Waals surface area contributed by atoms with Gasteiger partial charge in [0.05, 0.1) is 0 Å². The van der Waals surface area contributed by atoms with Gasteiger partial charge in [0.15, 0.2) is 0 Å². The summed E-state index contributed by atoms with van der Waals surface area (Å²) in [6.07, 6.45) is 3.14. The van der Waals surface area contributed by atoms with Crippen LogP contribution in [0.5, 0.6) is 0 Å². The van der Waals surface area contributed by atoms with Crippen molar-refractivity contribution in [3.8, 4) is 0 Å². The quantitative estimate of drug-likeness (QED) is 0.541. The largest absolute Gasteiger partial charge is 0.350 e. The highest BCUT2D eigenvalue weighted by Gasteiger charge is 2.15. The van der Waals surface area contributed by atoms with E-state index >= 15 is 0 Å². The van der Waals surface area contributed by atoms with Gasteiger partial charge in [0.25, 0.3) is 0 Å². The lowest BCUT2D eigenvalue weighted by atomic mass is 10.1. The predicted molar refractivity (Wildman–Crippen MR) is 43.2 cm³/mol. The molecule has 0 radical (unpaired) electrons. The monoisotopic (exact) mass is 155 g/mol. The second kappa shape index (κ2) is 3.37. The van der Waals surface area contributed by atoms with E-state index in [2.05, 4.69) is 17.5 Å². The highest BCUT2D eigenvalue weighted by molar-refractivity contribution is 5.87. The molecule has 1 aliphatic rings. The maximum Gasteiger partial charge on any atom is 0.332 e. The third-order valence-electron chi connectivity index (χ3n) is 1.83. The van der Waals surface area contributed by atoms with Crippen LogP contribution in [0.4, 0.5) is 4.79 Å². The molecule has 1 fully saturated rings. The van der Waals surface area contributed by atoms with E-state index in [0.29, 0.717) is 5.92 Å². The van der Waals surface area contributed by atoms with Gasteiger partial charge in [-0.25, -0.2) is 10.2 Å². The lowest BCUT2D eigenvalue weighted by molar-refractivity contribution is 0.249. The van der Waals surface area contributed by atoms with Crippen LogP contribution < -0.4 is 11.2 Å². The van der Waals surface area contributed by atoms with Crippen LogP contribution in [-0.4, -0.2) is 11.7 Å². The lowest BCUT2D eigenvalue weighted by Gasteiger charge is -1.96. The highest BCUT2D eigenvalue weighted by atomic mass is 16.2. The van der Waals surface area contributed by atoms with E-state index in [1.807, 2.05) is 0 Å². The van der Waals surface area contributed by atoms with E-state index in [1.165, 1.54) is 6.42 Å². The number of nitrogens with zero attached hydrogens (tertiary/aromatic N) is 1. The summed E-state index contributed by atoms with van der Waals surface area (Å²) in [4.78, 5) is 10.2. The fourth-order valence-corrected chi connectivity index (χ4v) is 1.26. The fraction of sp³-hybridized carbons (Fsp3) is 0.714. The SMILES string of the molecule is CC1CCC(=NNC(N)=O)C1. The molecule has 0 bridgehead atoms. The molecule has 1 atom stereocenters. The average Bonchev–Trinajstić information content (AvgIpc) is 2.31. The molecule has 0 heterocycles. The minimum absolute atomic E-state index is 0.586. The van der Waals surface area contributed by atoms with E-state index < -0.39 is 6.03 Å². The molecule has 4 nitrogen and oxygen atoms in total. The Bertz CT molecular complexity index is 188. The van der Waals surface area contributed by atoms with Gasteiger partial charge in [0.1, 0.15) is 0 Å². The lowest BCUT2D eigenvalue weighted by Crippen LogP contribution is -2.25. The maximum absolute atomic E-state index is 10.2. The van der Waals surface area contributed by atoms with Crippen molar-refractivity contribution < 1.29 is 4.79 Å². The van der Waals surface area contributed by atoms with Crippen LogP contribution in [0.2, 0.25) is 0 Å². The molecule has 0 aromatic heterocycles. The highest BCUT2D eigenvalue weighted by Crippen LogP contribution is 2.21. The first-order valence-electron chi connectivity index (χ1n) is 3.79. The number of hydrogen-bond acceptors (Lipinski definition) is 2. The number of carbonyl (C=O) groups excluding carboxylic acids is 1. The first-order valence-corrected chi connectivity index (χ1v) is 3.79. The minimum Gasteiger partial charge on any atom is -0.350 e. The van der Waals surface area contributed by atoms with Crippen LogP contribution in [0.15, 0.2) is 5.10 Å². The molecule has 0 saturated heterocycles. The van der Waals surface area contributed by atoms with Crippen molar-refractivity contribution in [2.45, 2.75) is 26.2 Å². The molecule has 1 unspecified atom stereocenters. The van der Waals surface area contributed by atoms with Gasteiger partial charge in [-0.05, 0) is 25.2 Å². The number of rotatable bonds is 1. The maximum atomic E-state index is 10.2. The number of hydrazone groups is 1. The van der Waals surface area contributed by atoms with Gasteiger partial charge in [-0.15, -0.1) is 0 Å². The van der Waals surface area contributed by atoms with Crippen LogP contribution in [0.1, 0.15) is 26.2 Å². The van der Waals surface area contributed by atoms with E-state index in [1.54, 1.807) is 0 Å². The van der Waals surface area contributed by atoms with Gasteiger partial charge >= 0.3 is 6.03 Å². The molecule has 0 aromatic rings. The summed E-state index contributed by atoms with van der Waals surface area (Å²) < 4.78 is 0. The summed E-state index contributed by atoms with van der Waals surface area (Å²) in [6, 6.07) is -0.586. The molecule has 2 amide bonds. The van der Waals surface area contributed by atoms with Crippen LogP contribution >= 0.6 is 0 Å². The van der Waals surface area contributed by atoms with Gasteiger partial charge in [-0.3, -0.25) is 0 Å². The number of hydrogen-bond donors (Lipinski definition) is 2. The van der Waals surface area contributed by atoms with Crippen molar-refractivity contribution in [3.05, 3.63) is 0 Å². The molecule has 1 rings (SSSR count). The predicted octanol–water partition coefficient (Wildman–Crippen LogP) is 0.831. The van der Waals surface area contributed by atoms with Gasteiger partial charge in [0, 0.05) is 5.71 Å². The molecule has 62 valence electrons. The van der Waals surface area contributed by atoms with Crippen LogP contribution in [0, 0.1) is 5.92 Å². The first-order chi connectivity index (χ1) is 5.18. The van der Waals surface area contributed by atoms with Crippen LogP contribution in [0.25, 0.3) is 0 Å². The molecular formula is C7H13N3O. The number of urea groups is 1. The van der Waals surface area contributed by atoms with Crippen molar-refractivity contribution in [1.29, 1.82) is 0 Å². The Morgan fingerprint density at radius 2 is 2.55 bits per heavy atom. The summed E-state index contributed by atoms with van der Waals surface area (Å²) in [5.41, 5.74) is 8.14. The van der Waals surface area contributed by atoms with E-state index in [-0.39, 0.29) is 0 Å². The van der Waals surface area contributed by atoms with Crippen molar-refractivity contribution >= 4 is 11.7 Å². The smallest absolute Gasteiger partial charge is 0.332 e. The summed E-state index contributed by atoms with van der Waals surface area (Å²) in [5, 5.41) is 3.87. The normalized spacial score (nSPS) is 27.4. The molecule has 0 aliphatic heterocycles. The Morgan fingerprint density at radius 1 is 1.82 bits per heavy atom. The van der Waals surface area contributed by atoms with Gasteiger partial charge < -0.3 is 5.73 Å². The second-order valence-corrected chi connectivity index (χ2v) is 3.00. The van der Waals surface area contributed by atoms with E-state index in [0.717, 1.165) is 18.6 Å². The third-order valence-corrected chi connectivity index (χ3v) is 1.83. The number of primary amides is 1. The molecule has 3 N–H and O–H groups in total. The first kappa shape index (κ1) is 8.04. The Kier molecular flexibility index (Phi) is 2.46. The molecule has 4 heteroatoms. The number of amides is 2. The van der Waals surface area contributed by atoms with E-state index in [4.69, 9.17) is 5.73 Å². The summed E-state index contributed by atoms with van der Waals surface area (Å²) in [7, 11) is 0. The average molecular weight is 155 g/mol. The van der Waals surface area contributed by atoms with Crippen molar-refractivity contribution in [1.82, 2.24) is 5.43 Å². The summed E-state index contributed by atoms with van der Waals surface area (Å²) in [5.74, 6) is 0.698. The molecule has 1 aliphatic carbocycles. The second-order valence-electron chi connectivity index (χ2n) is 3.00. The van der Waals surface area contributed by atoms with Crippen molar-refractivity contribution in [3.63, 3.8) is 0 Å². The summed E-state index contributed by atoms with van der Waals surface area (Å²) in [6.45, 7) is 2.17. The molecule has 0 spiro atoms. The summed E-state index contributed by atoms with van der Waals surface area (Å²) >= 11 is 0. The topological polar surface area (TPSA) is 67.5 Å². The molecule has 0 aromatic carbocycles. The van der Waals surface area contributed by atoms with Gasteiger partial charge in [0.2, 0.25) is 0 Å². The third kappa shape index (κ3) is 2.57. The molecule has 11 heavy (non-hydrogen) atoms. The van der Waals surface area contributed by atoms with Gasteiger partial charge in [-0.2, -0.15) is 5.10 Å². The van der Waals surface area contributed by atoms with Crippen molar-refractivity contribution in [2.75, 3.05) is 0 Å². The zero-order chi connectivity index (χ0) is 8.27. The molecular weight excluding hydrogens is 142 g/mol. The Hall–Kier alpha value is -1.06. The fourth-order valence-electron chi connectivity index (χ4n) is 1.26. The van der Waals surface area contributed by atoms with Crippen LogP contribution in [-0.2, 0) is 0 Å². The number of nitrogens with two attached hydrogens (primary N) is 1. The van der Waals surface area contributed by atoms with E-state index in [9.17, 15) is 4.79 Å². The number of nitrogens with one attached hydrogen (secondary N) is 1. The Balaban J connectivity index is 2.36. The Labute approximate surface area is 65.8 Å². The minimum atomic E-state index is -0.586. The number of carbonyl (C=O) groups is 1. The zero-order valence-corrected chi connectivity index (χ0v) is 6.63. The van der Waals surface area contributed by atoms with Crippen LogP contribution in [0.3, 0.4) is 0 Å².